The molecule has 21 heavy (non-hydrogen) atoms. The Morgan fingerprint density at radius 2 is 2.14 bits per heavy atom. The fourth-order valence-electron chi connectivity index (χ4n) is 2.85. The van der Waals surface area contributed by atoms with Gasteiger partial charge in [0.1, 0.15) is 0 Å². The summed E-state index contributed by atoms with van der Waals surface area (Å²) in [6.45, 7) is 2.48. The summed E-state index contributed by atoms with van der Waals surface area (Å²) >= 11 is 1.55. The van der Waals surface area contributed by atoms with Crippen LogP contribution in [0.5, 0.6) is 0 Å². The molecule has 5 nitrogen and oxygen atoms in total. The number of nitrogens with zero attached hydrogens (tertiary/aromatic N) is 1. The van der Waals surface area contributed by atoms with Gasteiger partial charge in [-0.1, -0.05) is 0 Å². The highest BCUT2D eigenvalue weighted by Gasteiger charge is 2.41. The summed E-state index contributed by atoms with van der Waals surface area (Å²) in [4.78, 5) is 14.3. The number of aryl methyl sites for hydroxylation is 1. The lowest BCUT2D eigenvalue weighted by atomic mass is 10.2. The molecule has 1 aliphatic heterocycles. The molecule has 1 saturated heterocycles. The molecule has 1 atom stereocenters. The van der Waals surface area contributed by atoms with Gasteiger partial charge in [0.2, 0.25) is 0 Å². The van der Waals surface area contributed by atoms with E-state index in [2.05, 4.69) is 5.32 Å². The standard InChI is InChI=1S/C14H20N2O3S2/c1-10-7-20-8-12(10)15-14(17)16-5-2-6-21(18,19)9-13(16)11-3-4-11/h7-8,11,13H,2-6,9H2,1H3,(H,15,17)/t13-/m0/s1. The molecule has 7 heteroatoms. The molecule has 1 N–H and O–H groups in total. The van der Waals surface area contributed by atoms with Crippen LogP contribution in [0.2, 0.25) is 0 Å². The van der Waals surface area contributed by atoms with Crippen LogP contribution in [0.1, 0.15) is 24.8 Å². The van der Waals surface area contributed by atoms with Crippen molar-refractivity contribution in [3.8, 4) is 0 Å². The van der Waals surface area contributed by atoms with Gasteiger partial charge in [0.15, 0.2) is 9.84 Å². The molecule has 116 valence electrons. The van der Waals surface area contributed by atoms with Crippen molar-refractivity contribution < 1.29 is 13.2 Å². The topological polar surface area (TPSA) is 66.5 Å². The number of sulfone groups is 1. The third-order valence-corrected chi connectivity index (χ3v) is 6.83. The van der Waals surface area contributed by atoms with Crippen LogP contribution in [0.4, 0.5) is 10.5 Å². The summed E-state index contributed by atoms with van der Waals surface area (Å²) in [5.74, 6) is 0.665. The fraction of sp³-hybridized carbons (Fsp3) is 0.643. The number of nitrogens with one attached hydrogen (secondary N) is 1. The molecule has 0 bridgehead atoms. The van der Waals surface area contributed by atoms with Crippen LogP contribution >= 0.6 is 11.3 Å². The van der Waals surface area contributed by atoms with Crippen LogP contribution in [0.3, 0.4) is 0 Å². The Morgan fingerprint density at radius 1 is 1.38 bits per heavy atom. The number of rotatable bonds is 2. The van der Waals surface area contributed by atoms with Gasteiger partial charge in [0.05, 0.1) is 23.2 Å². The monoisotopic (exact) mass is 328 g/mol. The average molecular weight is 328 g/mol. The number of carbonyl (C=O) groups excluding carboxylic acids is 1. The zero-order valence-electron chi connectivity index (χ0n) is 12.0. The second kappa shape index (κ2) is 5.61. The molecular weight excluding hydrogens is 308 g/mol. The molecule has 2 heterocycles. The van der Waals surface area contributed by atoms with Crippen molar-refractivity contribution in [2.45, 2.75) is 32.2 Å². The maximum Gasteiger partial charge on any atom is 0.322 e. The number of hydrogen-bond acceptors (Lipinski definition) is 4. The van der Waals surface area contributed by atoms with Crippen molar-refractivity contribution in [2.24, 2.45) is 5.92 Å². The SMILES string of the molecule is Cc1cscc1NC(=O)N1CCCS(=O)(=O)C[C@H]1C1CC1. The third-order valence-electron chi connectivity index (χ3n) is 4.20. The normalized spacial score (nSPS) is 25.4. The predicted molar refractivity (Wildman–Crippen MR) is 84.6 cm³/mol. The molecule has 0 unspecified atom stereocenters. The molecule has 3 rings (SSSR count). The van der Waals surface area contributed by atoms with Crippen LogP contribution in [-0.2, 0) is 9.84 Å². The summed E-state index contributed by atoms with van der Waals surface area (Å²) in [7, 11) is -3.03. The van der Waals surface area contributed by atoms with Gasteiger partial charge in [-0.05, 0) is 43.0 Å². The van der Waals surface area contributed by atoms with Gasteiger partial charge in [-0.15, -0.1) is 11.3 Å². The minimum atomic E-state index is -3.03. The van der Waals surface area contributed by atoms with Crippen LogP contribution in [0.15, 0.2) is 10.8 Å². The Labute approximate surface area is 129 Å². The Hall–Kier alpha value is -1.08. The lowest BCUT2D eigenvalue weighted by molar-refractivity contribution is 0.188. The summed E-state index contributed by atoms with van der Waals surface area (Å²) in [6, 6.07) is -0.318. The molecule has 1 aliphatic carbocycles. The first-order valence-corrected chi connectivity index (χ1v) is 10.0. The van der Waals surface area contributed by atoms with Crippen molar-refractivity contribution in [3.05, 3.63) is 16.3 Å². The second-order valence-corrected chi connectivity index (χ2v) is 8.94. The van der Waals surface area contributed by atoms with Crippen molar-refractivity contribution in [2.75, 3.05) is 23.4 Å². The highest BCUT2D eigenvalue weighted by Crippen LogP contribution is 2.37. The largest absolute Gasteiger partial charge is 0.322 e. The number of hydrogen-bond donors (Lipinski definition) is 1. The molecule has 0 spiro atoms. The van der Waals surface area contributed by atoms with Gasteiger partial charge in [-0.25, -0.2) is 13.2 Å². The first-order chi connectivity index (χ1) is 9.96. The molecular formula is C14H20N2O3S2. The highest BCUT2D eigenvalue weighted by atomic mass is 32.2. The maximum atomic E-state index is 12.5. The number of thiophene rings is 1. The Balaban J connectivity index is 1.78. The van der Waals surface area contributed by atoms with Gasteiger partial charge < -0.3 is 10.2 Å². The van der Waals surface area contributed by atoms with Crippen molar-refractivity contribution in [1.29, 1.82) is 0 Å². The number of anilines is 1. The van der Waals surface area contributed by atoms with Crippen LogP contribution in [0.25, 0.3) is 0 Å². The van der Waals surface area contributed by atoms with Gasteiger partial charge in [0, 0.05) is 11.9 Å². The minimum Gasteiger partial charge on any atom is -0.320 e. The van der Waals surface area contributed by atoms with Crippen LogP contribution < -0.4 is 5.32 Å². The van der Waals surface area contributed by atoms with Crippen LogP contribution in [0, 0.1) is 12.8 Å². The fourth-order valence-corrected chi connectivity index (χ4v) is 5.34. The van der Waals surface area contributed by atoms with E-state index >= 15 is 0 Å². The molecule has 2 aliphatic rings. The lowest BCUT2D eigenvalue weighted by Gasteiger charge is -2.29. The molecule has 2 fully saturated rings. The van der Waals surface area contributed by atoms with E-state index in [4.69, 9.17) is 0 Å². The predicted octanol–water partition coefficient (Wildman–Crippen LogP) is 2.49. The third kappa shape index (κ3) is 3.40. The summed E-state index contributed by atoms with van der Waals surface area (Å²) in [5.41, 5.74) is 1.87. The summed E-state index contributed by atoms with van der Waals surface area (Å²) in [5, 5.41) is 6.83. The quantitative estimate of drug-likeness (QED) is 0.907. The van der Waals surface area contributed by atoms with Gasteiger partial charge >= 0.3 is 6.03 Å². The molecule has 2 amide bonds. The van der Waals surface area contributed by atoms with E-state index in [0.717, 1.165) is 24.1 Å². The summed E-state index contributed by atoms with van der Waals surface area (Å²) < 4.78 is 24.0. The van der Waals surface area contributed by atoms with Crippen molar-refractivity contribution >= 4 is 32.9 Å². The maximum absolute atomic E-state index is 12.5. The lowest BCUT2D eigenvalue weighted by Crippen LogP contribution is -2.46. The molecule has 1 aromatic rings. The number of amides is 2. The summed E-state index contributed by atoms with van der Waals surface area (Å²) in [6.07, 6.45) is 2.59. The molecule has 1 aromatic heterocycles. The van der Waals surface area contributed by atoms with Crippen molar-refractivity contribution in [1.82, 2.24) is 4.90 Å². The van der Waals surface area contributed by atoms with Crippen LogP contribution in [-0.4, -0.2) is 43.4 Å². The van der Waals surface area contributed by atoms with Gasteiger partial charge in [0.25, 0.3) is 0 Å². The Kier molecular flexibility index (Phi) is 3.96. The first-order valence-electron chi connectivity index (χ1n) is 7.27. The average Bonchev–Trinajstić information content (AvgIpc) is 3.19. The number of carbonyl (C=O) groups is 1. The minimum absolute atomic E-state index is 0.119. The van der Waals surface area contributed by atoms with E-state index in [0.29, 0.717) is 18.9 Å². The van der Waals surface area contributed by atoms with Crippen molar-refractivity contribution in [3.63, 3.8) is 0 Å². The first kappa shape index (κ1) is 14.8. The van der Waals surface area contributed by atoms with Gasteiger partial charge in [-0.2, -0.15) is 0 Å². The van der Waals surface area contributed by atoms with Gasteiger partial charge in [-0.3, -0.25) is 0 Å². The molecule has 0 radical (unpaired) electrons. The van der Waals surface area contributed by atoms with E-state index in [9.17, 15) is 13.2 Å². The highest BCUT2D eigenvalue weighted by molar-refractivity contribution is 7.91. The van der Waals surface area contributed by atoms with E-state index < -0.39 is 9.84 Å². The van der Waals surface area contributed by atoms with E-state index in [1.807, 2.05) is 17.7 Å². The molecule has 0 aromatic carbocycles. The zero-order chi connectivity index (χ0) is 15.0. The zero-order valence-corrected chi connectivity index (χ0v) is 13.7. The molecule has 1 saturated carbocycles. The Morgan fingerprint density at radius 3 is 2.76 bits per heavy atom. The number of urea groups is 1. The van der Waals surface area contributed by atoms with E-state index in [1.54, 1.807) is 16.2 Å². The Bertz CT molecular complexity index is 634. The van der Waals surface area contributed by atoms with E-state index in [-0.39, 0.29) is 23.6 Å². The second-order valence-electron chi connectivity index (χ2n) is 5.96. The van der Waals surface area contributed by atoms with E-state index in [1.165, 1.54) is 0 Å². The smallest absolute Gasteiger partial charge is 0.320 e.